The van der Waals surface area contributed by atoms with Crippen molar-refractivity contribution in [1.29, 1.82) is 0 Å². The van der Waals surface area contributed by atoms with Crippen molar-refractivity contribution in [1.82, 2.24) is 5.32 Å². The molecule has 0 bridgehead atoms. The van der Waals surface area contributed by atoms with Crippen LogP contribution in [0.3, 0.4) is 0 Å². The third-order valence-electron chi connectivity index (χ3n) is 4.79. The second-order valence-electron chi connectivity index (χ2n) is 6.04. The molecule has 0 aliphatic carbocycles. The van der Waals surface area contributed by atoms with Gasteiger partial charge < -0.3 is 10.1 Å². The van der Waals surface area contributed by atoms with Gasteiger partial charge in [0.2, 0.25) is 0 Å². The largest absolute Gasteiger partial charge is 0.381 e. The van der Waals surface area contributed by atoms with Gasteiger partial charge in [0.25, 0.3) is 0 Å². The summed E-state index contributed by atoms with van der Waals surface area (Å²) in [5.74, 6) is 1.36. The number of rotatable bonds is 7. The van der Waals surface area contributed by atoms with E-state index in [-0.39, 0.29) is 0 Å². The van der Waals surface area contributed by atoms with E-state index in [1.807, 2.05) is 0 Å². The molecule has 1 aromatic carbocycles. The van der Waals surface area contributed by atoms with Crippen molar-refractivity contribution in [3.8, 4) is 0 Å². The smallest absolute Gasteiger partial charge is 0.0509 e. The third-order valence-corrected chi connectivity index (χ3v) is 4.79. The van der Waals surface area contributed by atoms with Crippen LogP contribution < -0.4 is 5.32 Å². The Morgan fingerprint density at radius 3 is 2.45 bits per heavy atom. The van der Waals surface area contributed by atoms with Gasteiger partial charge in [0.1, 0.15) is 0 Å². The van der Waals surface area contributed by atoms with Crippen LogP contribution in [0.2, 0.25) is 0 Å². The Kier molecular flexibility index (Phi) is 6.06. The highest BCUT2D eigenvalue weighted by Gasteiger charge is 2.27. The van der Waals surface area contributed by atoms with E-state index >= 15 is 0 Å². The zero-order chi connectivity index (χ0) is 14.4. The Morgan fingerprint density at radius 2 is 1.90 bits per heavy atom. The van der Waals surface area contributed by atoms with Gasteiger partial charge in [-0.25, -0.2) is 0 Å². The summed E-state index contributed by atoms with van der Waals surface area (Å²) in [5.41, 5.74) is 1.42. The SMILES string of the molecule is CCC(CC)C(NC(C)C1CCOC1)c1ccccc1. The van der Waals surface area contributed by atoms with Crippen LogP contribution in [0.1, 0.15) is 51.6 Å². The minimum absolute atomic E-state index is 0.460. The molecule has 1 fully saturated rings. The fourth-order valence-electron chi connectivity index (χ4n) is 3.29. The van der Waals surface area contributed by atoms with E-state index in [9.17, 15) is 0 Å². The van der Waals surface area contributed by atoms with Crippen molar-refractivity contribution in [2.45, 2.75) is 52.1 Å². The number of benzene rings is 1. The summed E-state index contributed by atoms with van der Waals surface area (Å²) < 4.78 is 5.54. The molecule has 112 valence electrons. The number of nitrogens with one attached hydrogen (secondary N) is 1. The van der Waals surface area contributed by atoms with E-state index in [0.717, 1.165) is 13.2 Å². The lowest BCUT2D eigenvalue weighted by atomic mass is 9.87. The van der Waals surface area contributed by atoms with Crippen LogP contribution in [0.5, 0.6) is 0 Å². The molecular weight excluding hydrogens is 246 g/mol. The predicted molar refractivity (Wildman–Crippen MR) is 84.8 cm³/mol. The van der Waals surface area contributed by atoms with Crippen molar-refractivity contribution in [3.05, 3.63) is 35.9 Å². The Bertz CT molecular complexity index is 368. The first-order valence-electron chi connectivity index (χ1n) is 8.15. The first-order chi connectivity index (χ1) is 9.76. The molecule has 0 radical (unpaired) electrons. The first kappa shape index (κ1) is 15.5. The Hall–Kier alpha value is -0.860. The maximum atomic E-state index is 5.54. The summed E-state index contributed by atoms with van der Waals surface area (Å²) in [6.07, 6.45) is 3.63. The van der Waals surface area contributed by atoms with Crippen LogP contribution in [-0.4, -0.2) is 19.3 Å². The monoisotopic (exact) mass is 275 g/mol. The molecule has 1 aromatic rings. The molecule has 3 atom stereocenters. The summed E-state index contributed by atoms with van der Waals surface area (Å²) in [5, 5.41) is 3.90. The molecule has 2 heteroatoms. The molecule has 0 spiro atoms. The lowest BCUT2D eigenvalue weighted by molar-refractivity contribution is 0.173. The van der Waals surface area contributed by atoms with Crippen LogP contribution in [-0.2, 0) is 4.74 Å². The quantitative estimate of drug-likeness (QED) is 0.806. The number of hydrogen-bond acceptors (Lipinski definition) is 2. The minimum Gasteiger partial charge on any atom is -0.381 e. The highest BCUT2D eigenvalue weighted by atomic mass is 16.5. The Balaban J connectivity index is 2.09. The average molecular weight is 275 g/mol. The molecule has 0 saturated carbocycles. The molecule has 0 aromatic heterocycles. The maximum Gasteiger partial charge on any atom is 0.0509 e. The van der Waals surface area contributed by atoms with Gasteiger partial charge in [-0.15, -0.1) is 0 Å². The van der Waals surface area contributed by atoms with Crippen LogP contribution in [0.4, 0.5) is 0 Å². The lowest BCUT2D eigenvalue weighted by Gasteiger charge is -2.32. The highest BCUT2D eigenvalue weighted by molar-refractivity contribution is 5.20. The zero-order valence-electron chi connectivity index (χ0n) is 13.1. The van der Waals surface area contributed by atoms with E-state index in [1.54, 1.807) is 0 Å². The highest BCUT2D eigenvalue weighted by Crippen LogP contribution is 2.29. The van der Waals surface area contributed by atoms with Crippen molar-refractivity contribution in [3.63, 3.8) is 0 Å². The molecule has 2 rings (SSSR count). The van der Waals surface area contributed by atoms with E-state index in [2.05, 4.69) is 56.4 Å². The number of ether oxygens (including phenoxy) is 1. The predicted octanol–water partition coefficient (Wildman–Crippen LogP) is 4.18. The summed E-state index contributed by atoms with van der Waals surface area (Å²) in [7, 11) is 0. The maximum absolute atomic E-state index is 5.54. The Morgan fingerprint density at radius 1 is 1.20 bits per heavy atom. The fourth-order valence-corrected chi connectivity index (χ4v) is 3.29. The minimum atomic E-state index is 0.460. The second kappa shape index (κ2) is 7.80. The van der Waals surface area contributed by atoms with Crippen molar-refractivity contribution in [2.75, 3.05) is 13.2 Å². The molecule has 20 heavy (non-hydrogen) atoms. The normalized spacial score (nSPS) is 22.1. The summed E-state index contributed by atoms with van der Waals surface area (Å²) in [6, 6.07) is 11.9. The van der Waals surface area contributed by atoms with Gasteiger partial charge >= 0.3 is 0 Å². The first-order valence-corrected chi connectivity index (χ1v) is 8.15. The average Bonchev–Trinajstić information content (AvgIpc) is 3.02. The van der Waals surface area contributed by atoms with Crippen LogP contribution in [0, 0.1) is 11.8 Å². The van der Waals surface area contributed by atoms with E-state index in [0.29, 0.717) is 23.9 Å². The Labute approximate surface area is 123 Å². The molecule has 1 aliphatic rings. The second-order valence-corrected chi connectivity index (χ2v) is 6.04. The van der Waals surface area contributed by atoms with E-state index in [4.69, 9.17) is 4.74 Å². The molecular formula is C18H29NO. The standard InChI is InChI=1S/C18H29NO/c1-4-15(5-2)18(16-9-7-6-8-10-16)19-14(3)17-11-12-20-13-17/h6-10,14-15,17-19H,4-5,11-13H2,1-3H3. The number of hydrogen-bond donors (Lipinski definition) is 1. The van der Waals surface area contributed by atoms with Gasteiger partial charge in [-0.05, 0) is 30.7 Å². The van der Waals surface area contributed by atoms with Gasteiger partial charge in [-0.2, -0.15) is 0 Å². The zero-order valence-corrected chi connectivity index (χ0v) is 13.1. The van der Waals surface area contributed by atoms with E-state index in [1.165, 1.54) is 24.8 Å². The van der Waals surface area contributed by atoms with E-state index < -0.39 is 0 Å². The topological polar surface area (TPSA) is 21.3 Å². The lowest BCUT2D eigenvalue weighted by Crippen LogP contribution is -2.39. The molecule has 1 aliphatic heterocycles. The van der Waals surface area contributed by atoms with Gasteiger partial charge in [0, 0.05) is 18.7 Å². The molecule has 1 N–H and O–H groups in total. The van der Waals surface area contributed by atoms with Crippen LogP contribution in [0.15, 0.2) is 30.3 Å². The summed E-state index contributed by atoms with van der Waals surface area (Å²) in [6.45, 7) is 8.76. The molecule has 1 heterocycles. The van der Waals surface area contributed by atoms with Crippen molar-refractivity contribution in [2.24, 2.45) is 11.8 Å². The van der Waals surface area contributed by atoms with Crippen LogP contribution >= 0.6 is 0 Å². The van der Waals surface area contributed by atoms with Crippen LogP contribution in [0.25, 0.3) is 0 Å². The van der Waals surface area contributed by atoms with Crippen molar-refractivity contribution >= 4 is 0 Å². The van der Waals surface area contributed by atoms with Gasteiger partial charge in [-0.3, -0.25) is 0 Å². The molecule has 0 amide bonds. The van der Waals surface area contributed by atoms with Gasteiger partial charge in [0.15, 0.2) is 0 Å². The van der Waals surface area contributed by atoms with Gasteiger partial charge in [0.05, 0.1) is 6.61 Å². The molecule has 2 nitrogen and oxygen atoms in total. The fraction of sp³-hybridized carbons (Fsp3) is 0.667. The summed E-state index contributed by atoms with van der Waals surface area (Å²) >= 11 is 0. The van der Waals surface area contributed by atoms with Gasteiger partial charge in [-0.1, -0.05) is 57.0 Å². The van der Waals surface area contributed by atoms with Crippen molar-refractivity contribution < 1.29 is 4.74 Å². The summed E-state index contributed by atoms with van der Waals surface area (Å²) in [4.78, 5) is 0. The molecule has 1 saturated heterocycles. The molecule has 3 unspecified atom stereocenters. The third kappa shape index (κ3) is 3.83.